The van der Waals surface area contributed by atoms with Crippen LogP contribution >= 0.6 is 0 Å². The van der Waals surface area contributed by atoms with E-state index in [9.17, 15) is 9.59 Å². The summed E-state index contributed by atoms with van der Waals surface area (Å²) in [5.74, 6) is 1.07. The number of nitrogens with one attached hydrogen (secondary N) is 1. The minimum atomic E-state index is -0.117. The van der Waals surface area contributed by atoms with Crippen molar-refractivity contribution in [3.8, 4) is 16.9 Å². The third-order valence-electron chi connectivity index (χ3n) is 5.21. The normalized spacial score (nSPS) is 14.1. The van der Waals surface area contributed by atoms with Gasteiger partial charge in [-0.2, -0.15) is 0 Å². The lowest BCUT2D eigenvalue weighted by Crippen LogP contribution is -2.50. The first-order valence-electron chi connectivity index (χ1n) is 10.3. The van der Waals surface area contributed by atoms with E-state index in [1.54, 1.807) is 4.90 Å². The lowest BCUT2D eigenvalue weighted by molar-refractivity contribution is -0.123. The zero-order valence-electron chi connectivity index (χ0n) is 17.4. The van der Waals surface area contributed by atoms with Crippen LogP contribution in [0.3, 0.4) is 0 Å². The standard InChI is InChI=1S/C25H26N2O3/c1-17(2)16-30-19-7-3-6-18(14-19)20-8-4-10-22-21(20)9-5-11-23(22)25(29)27-13-12-26-24(28)15-27/h3-11,14,17H,12-13,15-16H2,1-2H3,(H,26,28). The molecule has 30 heavy (non-hydrogen) atoms. The molecule has 1 aliphatic rings. The summed E-state index contributed by atoms with van der Waals surface area (Å²) in [6, 6.07) is 19.8. The number of hydrogen-bond acceptors (Lipinski definition) is 3. The molecule has 0 aliphatic carbocycles. The molecule has 5 heteroatoms. The maximum Gasteiger partial charge on any atom is 0.255 e. The lowest BCUT2D eigenvalue weighted by atomic mass is 9.95. The van der Waals surface area contributed by atoms with Gasteiger partial charge in [0.15, 0.2) is 0 Å². The summed E-state index contributed by atoms with van der Waals surface area (Å²) >= 11 is 0. The van der Waals surface area contributed by atoms with Gasteiger partial charge in [-0.25, -0.2) is 0 Å². The number of ether oxygens (including phenoxy) is 1. The van der Waals surface area contributed by atoms with Crippen molar-refractivity contribution < 1.29 is 14.3 Å². The number of piperazine rings is 1. The fraction of sp³-hybridized carbons (Fsp3) is 0.280. The van der Waals surface area contributed by atoms with Gasteiger partial charge in [0.05, 0.1) is 13.2 Å². The van der Waals surface area contributed by atoms with Gasteiger partial charge in [0.25, 0.3) is 5.91 Å². The number of carbonyl (C=O) groups is 2. The Morgan fingerprint density at radius 2 is 1.83 bits per heavy atom. The highest BCUT2D eigenvalue weighted by Gasteiger charge is 2.23. The highest BCUT2D eigenvalue weighted by Crippen LogP contribution is 2.32. The Labute approximate surface area is 176 Å². The van der Waals surface area contributed by atoms with E-state index in [1.807, 2.05) is 48.5 Å². The molecule has 2 amide bonds. The second kappa shape index (κ2) is 8.57. The van der Waals surface area contributed by atoms with Gasteiger partial charge in [-0.3, -0.25) is 9.59 Å². The first kappa shape index (κ1) is 20.0. The van der Waals surface area contributed by atoms with Crippen LogP contribution in [-0.2, 0) is 4.79 Å². The van der Waals surface area contributed by atoms with Crippen molar-refractivity contribution in [1.82, 2.24) is 10.2 Å². The van der Waals surface area contributed by atoms with Crippen LogP contribution in [0.15, 0.2) is 60.7 Å². The molecule has 4 rings (SSSR count). The van der Waals surface area contributed by atoms with Gasteiger partial charge in [0.2, 0.25) is 5.91 Å². The molecular weight excluding hydrogens is 376 g/mol. The number of carbonyl (C=O) groups excluding carboxylic acids is 2. The van der Waals surface area contributed by atoms with Crippen molar-refractivity contribution in [2.75, 3.05) is 26.2 Å². The average Bonchev–Trinajstić information content (AvgIpc) is 2.76. The molecule has 0 saturated carbocycles. The number of hydrogen-bond donors (Lipinski definition) is 1. The maximum atomic E-state index is 13.1. The van der Waals surface area contributed by atoms with Gasteiger partial charge in [0, 0.05) is 18.7 Å². The first-order valence-corrected chi connectivity index (χ1v) is 10.3. The molecule has 1 fully saturated rings. The zero-order valence-corrected chi connectivity index (χ0v) is 17.4. The van der Waals surface area contributed by atoms with Crippen molar-refractivity contribution >= 4 is 22.6 Å². The van der Waals surface area contributed by atoms with Crippen LogP contribution in [0.1, 0.15) is 24.2 Å². The number of fused-ring (bicyclic) bond motifs is 1. The summed E-state index contributed by atoms with van der Waals surface area (Å²) in [7, 11) is 0. The van der Waals surface area contributed by atoms with Crippen molar-refractivity contribution in [1.29, 1.82) is 0 Å². The lowest BCUT2D eigenvalue weighted by Gasteiger charge is -2.27. The molecule has 0 atom stereocenters. The van der Waals surface area contributed by atoms with Crippen molar-refractivity contribution in [3.05, 3.63) is 66.2 Å². The molecule has 3 aromatic carbocycles. The van der Waals surface area contributed by atoms with Gasteiger partial charge < -0.3 is 15.0 Å². The molecule has 0 bridgehead atoms. The minimum Gasteiger partial charge on any atom is -0.493 e. The van der Waals surface area contributed by atoms with Crippen molar-refractivity contribution in [3.63, 3.8) is 0 Å². The second-order valence-corrected chi connectivity index (χ2v) is 8.02. The topological polar surface area (TPSA) is 58.6 Å². The Kier molecular flexibility index (Phi) is 5.70. The fourth-order valence-electron chi connectivity index (χ4n) is 3.75. The summed E-state index contributed by atoms with van der Waals surface area (Å²) in [6.45, 7) is 6.03. The molecule has 0 radical (unpaired) electrons. The van der Waals surface area contributed by atoms with E-state index in [-0.39, 0.29) is 18.4 Å². The fourth-order valence-corrected chi connectivity index (χ4v) is 3.75. The molecule has 5 nitrogen and oxygen atoms in total. The molecular formula is C25H26N2O3. The summed E-state index contributed by atoms with van der Waals surface area (Å²) in [4.78, 5) is 26.5. The SMILES string of the molecule is CC(C)COc1cccc(-c2cccc3c(C(=O)N4CCNC(=O)C4)cccc23)c1. The largest absolute Gasteiger partial charge is 0.493 e. The third kappa shape index (κ3) is 4.15. The van der Waals surface area contributed by atoms with Crippen molar-refractivity contribution in [2.24, 2.45) is 5.92 Å². The van der Waals surface area contributed by atoms with Gasteiger partial charge in [0.1, 0.15) is 5.75 Å². The summed E-state index contributed by atoms with van der Waals surface area (Å²) in [5.41, 5.74) is 2.72. The van der Waals surface area contributed by atoms with E-state index in [2.05, 4.69) is 31.3 Å². The van der Waals surface area contributed by atoms with E-state index in [0.29, 0.717) is 31.2 Å². The first-order chi connectivity index (χ1) is 14.5. The van der Waals surface area contributed by atoms with Crippen LogP contribution in [0.5, 0.6) is 5.75 Å². The summed E-state index contributed by atoms with van der Waals surface area (Å²) in [5, 5.41) is 4.66. The third-order valence-corrected chi connectivity index (χ3v) is 5.21. The predicted octanol–water partition coefficient (Wildman–Crippen LogP) is 4.11. The number of amides is 2. The minimum absolute atomic E-state index is 0.101. The summed E-state index contributed by atoms with van der Waals surface area (Å²) < 4.78 is 5.89. The molecule has 0 spiro atoms. The van der Waals surface area contributed by atoms with Gasteiger partial charge >= 0.3 is 0 Å². The molecule has 1 aliphatic heterocycles. The Morgan fingerprint density at radius 3 is 2.63 bits per heavy atom. The van der Waals surface area contributed by atoms with Crippen LogP contribution in [-0.4, -0.2) is 43.0 Å². The van der Waals surface area contributed by atoms with E-state index in [1.165, 1.54) is 0 Å². The summed E-state index contributed by atoms with van der Waals surface area (Å²) in [6.07, 6.45) is 0. The van der Waals surface area contributed by atoms with E-state index in [0.717, 1.165) is 27.6 Å². The monoisotopic (exact) mass is 402 g/mol. The molecule has 0 unspecified atom stereocenters. The van der Waals surface area contributed by atoms with E-state index >= 15 is 0 Å². The maximum absolute atomic E-state index is 13.1. The van der Waals surface area contributed by atoms with E-state index < -0.39 is 0 Å². The van der Waals surface area contributed by atoms with Crippen LogP contribution in [0.25, 0.3) is 21.9 Å². The number of rotatable bonds is 5. The van der Waals surface area contributed by atoms with Crippen LogP contribution in [0, 0.1) is 5.92 Å². The highest BCUT2D eigenvalue weighted by molar-refractivity contribution is 6.11. The van der Waals surface area contributed by atoms with Crippen molar-refractivity contribution in [2.45, 2.75) is 13.8 Å². The molecule has 3 aromatic rings. The molecule has 1 saturated heterocycles. The number of nitrogens with zero attached hydrogens (tertiary/aromatic N) is 1. The molecule has 0 aromatic heterocycles. The van der Waals surface area contributed by atoms with Gasteiger partial charge in [-0.1, -0.05) is 56.3 Å². The Bertz CT molecular complexity index is 1090. The zero-order chi connectivity index (χ0) is 21.1. The highest BCUT2D eigenvalue weighted by atomic mass is 16.5. The van der Waals surface area contributed by atoms with E-state index in [4.69, 9.17) is 4.74 Å². The van der Waals surface area contributed by atoms with Crippen LogP contribution in [0.2, 0.25) is 0 Å². The molecule has 154 valence electrons. The molecule has 1 N–H and O–H groups in total. The Morgan fingerprint density at radius 1 is 1.07 bits per heavy atom. The predicted molar refractivity (Wildman–Crippen MR) is 119 cm³/mol. The van der Waals surface area contributed by atoms with Crippen LogP contribution in [0.4, 0.5) is 0 Å². The number of benzene rings is 3. The van der Waals surface area contributed by atoms with Crippen LogP contribution < -0.4 is 10.1 Å². The van der Waals surface area contributed by atoms with Gasteiger partial charge in [-0.15, -0.1) is 0 Å². The Balaban J connectivity index is 1.72. The quantitative estimate of drug-likeness (QED) is 0.699. The smallest absolute Gasteiger partial charge is 0.255 e. The Hall–Kier alpha value is -3.34. The average molecular weight is 402 g/mol. The molecule has 1 heterocycles. The van der Waals surface area contributed by atoms with Gasteiger partial charge in [-0.05, 0) is 46.0 Å². The second-order valence-electron chi connectivity index (χ2n) is 8.02.